The van der Waals surface area contributed by atoms with Crippen molar-refractivity contribution in [1.29, 1.82) is 0 Å². The Hall–Kier alpha value is -1.95. The van der Waals surface area contributed by atoms with Gasteiger partial charge in [0.05, 0.1) is 16.4 Å². The van der Waals surface area contributed by atoms with E-state index in [1.54, 1.807) is 13.0 Å². The van der Waals surface area contributed by atoms with E-state index in [4.69, 9.17) is 11.6 Å². The van der Waals surface area contributed by atoms with Gasteiger partial charge in [0.25, 0.3) is 5.91 Å². The van der Waals surface area contributed by atoms with Gasteiger partial charge in [0.1, 0.15) is 5.82 Å². The second-order valence-electron chi connectivity index (χ2n) is 7.23. The molecule has 0 radical (unpaired) electrons. The number of aromatic nitrogens is 3. The van der Waals surface area contributed by atoms with Gasteiger partial charge in [-0.1, -0.05) is 23.7 Å². The minimum Gasteiger partial charge on any atom is -0.345 e. The Bertz CT molecular complexity index is 796. The zero-order chi connectivity index (χ0) is 18.2. The molecule has 1 N–H and O–H groups in total. The fourth-order valence-electron chi connectivity index (χ4n) is 3.26. The molecule has 25 heavy (non-hydrogen) atoms. The highest BCUT2D eigenvalue weighted by Gasteiger charge is 2.32. The minimum atomic E-state index is -0.499. The highest BCUT2D eigenvalue weighted by molar-refractivity contribution is 6.30. The van der Waals surface area contributed by atoms with Crippen molar-refractivity contribution < 1.29 is 9.18 Å². The summed E-state index contributed by atoms with van der Waals surface area (Å²) in [5.41, 5.74) is 1.22. The van der Waals surface area contributed by atoms with E-state index in [-0.39, 0.29) is 22.2 Å². The van der Waals surface area contributed by atoms with Crippen LogP contribution in [0.2, 0.25) is 5.02 Å². The molecule has 1 heterocycles. The van der Waals surface area contributed by atoms with E-state index in [9.17, 15) is 9.18 Å². The number of benzene rings is 1. The van der Waals surface area contributed by atoms with Crippen LogP contribution in [0.3, 0.4) is 0 Å². The molecule has 0 aliphatic heterocycles. The van der Waals surface area contributed by atoms with Crippen LogP contribution >= 0.6 is 11.6 Å². The number of carbonyl (C=O) groups excluding carboxylic acids is 1. The van der Waals surface area contributed by atoms with Crippen LogP contribution < -0.4 is 5.32 Å². The fraction of sp³-hybridized carbons (Fsp3) is 0.500. The lowest BCUT2D eigenvalue weighted by Crippen LogP contribution is -2.48. The first kappa shape index (κ1) is 17.9. The molecule has 0 bridgehead atoms. The third-order valence-electron chi connectivity index (χ3n) is 5.05. The Morgan fingerprint density at radius 2 is 2.08 bits per heavy atom. The summed E-state index contributed by atoms with van der Waals surface area (Å²) in [6.07, 6.45) is 4.13. The summed E-state index contributed by atoms with van der Waals surface area (Å²) in [4.78, 5) is 12.7. The zero-order valence-electron chi connectivity index (χ0n) is 14.6. The van der Waals surface area contributed by atoms with E-state index in [2.05, 4.69) is 29.5 Å². The molecule has 1 saturated carbocycles. The van der Waals surface area contributed by atoms with E-state index >= 15 is 0 Å². The van der Waals surface area contributed by atoms with E-state index in [1.165, 1.54) is 16.8 Å². The van der Waals surface area contributed by atoms with Gasteiger partial charge in [0.15, 0.2) is 5.69 Å². The van der Waals surface area contributed by atoms with Gasteiger partial charge in [-0.05, 0) is 63.6 Å². The van der Waals surface area contributed by atoms with Gasteiger partial charge in [-0.3, -0.25) is 4.79 Å². The van der Waals surface area contributed by atoms with E-state index in [0.29, 0.717) is 17.3 Å². The molecule has 1 aliphatic carbocycles. The lowest BCUT2D eigenvalue weighted by Gasteiger charge is -2.36. The summed E-state index contributed by atoms with van der Waals surface area (Å²) in [5.74, 6) is -0.0228. The van der Waals surface area contributed by atoms with Crippen LogP contribution in [0.4, 0.5) is 4.39 Å². The molecular weight excluding hydrogens is 343 g/mol. The van der Waals surface area contributed by atoms with Crippen molar-refractivity contribution >= 4 is 17.5 Å². The highest BCUT2D eigenvalue weighted by atomic mass is 35.5. The van der Waals surface area contributed by atoms with Crippen molar-refractivity contribution in [1.82, 2.24) is 20.3 Å². The summed E-state index contributed by atoms with van der Waals surface area (Å²) in [7, 11) is 0. The van der Waals surface area contributed by atoms with Crippen LogP contribution in [0.5, 0.6) is 0 Å². The molecule has 0 unspecified atom stereocenters. The van der Waals surface area contributed by atoms with Crippen LogP contribution in [0.15, 0.2) is 18.2 Å². The molecule has 1 fully saturated rings. The molecule has 134 valence electrons. The Morgan fingerprint density at radius 1 is 1.40 bits per heavy atom. The van der Waals surface area contributed by atoms with Gasteiger partial charge in [0.2, 0.25) is 0 Å². The molecule has 3 rings (SSSR count). The predicted molar refractivity (Wildman–Crippen MR) is 94.6 cm³/mol. The number of carbonyl (C=O) groups is 1. The average molecular weight is 365 g/mol. The molecule has 2 aromatic rings. The molecule has 1 aromatic carbocycles. The van der Waals surface area contributed by atoms with E-state index < -0.39 is 5.82 Å². The van der Waals surface area contributed by atoms with Crippen molar-refractivity contribution in [2.75, 3.05) is 0 Å². The van der Waals surface area contributed by atoms with E-state index in [1.807, 2.05) is 0 Å². The summed E-state index contributed by atoms with van der Waals surface area (Å²) in [6, 6.07) is 4.28. The third-order valence-corrected chi connectivity index (χ3v) is 5.34. The van der Waals surface area contributed by atoms with Crippen LogP contribution in [-0.4, -0.2) is 26.4 Å². The number of hydrogen-bond donors (Lipinski definition) is 1. The Labute approximate surface area is 151 Å². The van der Waals surface area contributed by atoms with E-state index in [0.717, 1.165) is 25.7 Å². The predicted octanol–water partition coefficient (Wildman–Crippen LogP) is 4.07. The van der Waals surface area contributed by atoms with Crippen LogP contribution in [0.25, 0.3) is 5.69 Å². The van der Waals surface area contributed by atoms with Crippen LogP contribution in [0.1, 0.15) is 55.7 Å². The molecule has 1 amide bonds. The largest absolute Gasteiger partial charge is 0.345 e. The summed E-state index contributed by atoms with van der Waals surface area (Å²) >= 11 is 5.83. The molecule has 0 saturated heterocycles. The summed E-state index contributed by atoms with van der Waals surface area (Å²) < 4.78 is 14.8. The molecule has 1 aromatic heterocycles. The number of amides is 1. The number of halogens is 2. The number of rotatable bonds is 3. The standard InChI is InChI=1S/C18H22ClFN4O/c1-11-6-8-18(3,9-7-11)21-17(25)16-12(2)24(23-22-16)13-4-5-15(20)14(19)10-13/h4-5,10-11H,6-9H2,1-3H3,(H,21,25). The third kappa shape index (κ3) is 3.68. The normalized spacial score (nSPS) is 23.5. The maximum atomic E-state index is 13.3. The zero-order valence-corrected chi connectivity index (χ0v) is 15.4. The van der Waals surface area contributed by atoms with Crippen molar-refractivity contribution in [3.63, 3.8) is 0 Å². The van der Waals surface area contributed by atoms with Crippen molar-refractivity contribution in [3.05, 3.63) is 40.4 Å². The van der Waals surface area contributed by atoms with Gasteiger partial charge in [-0.15, -0.1) is 5.10 Å². The monoisotopic (exact) mass is 364 g/mol. The van der Waals surface area contributed by atoms with Gasteiger partial charge in [-0.25, -0.2) is 9.07 Å². The fourth-order valence-corrected chi connectivity index (χ4v) is 3.43. The van der Waals surface area contributed by atoms with Crippen LogP contribution in [-0.2, 0) is 0 Å². The lowest BCUT2D eigenvalue weighted by molar-refractivity contribution is 0.0864. The lowest BCUT2D eigenvalue weighted by atomic mass is 9.78. The summed E-state index contributed by atoms with van der Waals surface area (Å²) in [5, 5.41) is 11.2. The average Bonchev–Trinajstić information content (AvgIpc) is 2.95. The molecule has 0 atom stereocenters. The quantitative estimate of drug-likeness (QED) is 0.893. The molecule has 1 aliphatic rings. The number of nitrogens with one attached hydrogen (secondary N) is 1. The SMILES string of the molecule is Cc1c(C(=O)NC2(C)CCC(C)CC2)nnn1-c1ccc(F)c(Cl)c1. The van der Waals surface area contributed by atoms with Gasteiger partial charge < -0.3 is 5.32 Å². The number of nitrogens with zero attached hydrogens (tertiary/aromatic N) is 3. The van der Waals surface area contributed by atoms with Crippen LogP contribution in [0, 0.1) is 18.7 Å². The Kier molecular flexibility index (Phi) is 4.82. The molecule has 7 heteroatoms. The maximum Gasteiger partial charge on any atom is 0.274 e. The Balaban J connectivity index is 1.80. The molecule has 0 spiro atoms. The molecule has 5 nitrogen and oxygen atoms in total. The van der Waals surface area contributed by atoms with Gasteiger partial charge in [0, 0.05) is 5.54 Å². The first-order valence-corrected chi connectivity index (χ1v) is 8.87. The topological polar surface area (TPSA) is 59.8 Å². The van der Waals surface area contributed by atoms with Crippen molar-refractivity contribution in [2.24, 2.45) is 5.92 Å². The summed E-state index contributed by atoms with van der Waals surface area (Å²) in [6.45, 7) is 6.08. The second-order valence-corrected chi connectivity index (χ2v) is 7.64. The first-order chi connectivity index (χ1) is 11.8. The first-order valence-electron chi connectivity index (χ1n) is 8.49. The second kappa shape index (κ2) is 6.75. The van der Waals surface area contributed by atoms with Crippen molar-refractivity contribution in [2.45, 2.75) is 52.0 Å². The Morgan fingerprint density at radius 3 is 2.72 bits per heavy atom. The van der Waals surface area contributed by atoms with Gasteiger partial charge in [-0.2, -0.15) is 0 Å². The van der Waals surface area contributed by atoms with Gasteiger partial charge >= 0.3 is 0 Å². The van der Waals surface area contributed by atoms with Crippen molar-refractivity contribution in [3.8, 4) is 5.69 Å². The maximum absolute atomic E-state index is 13.3. The number of hydrogen-bond acceptors (Lipinski definition) is 3. The molecular formula is C18H22ClFN4O. The highest BCUT2D eigenvalue weighted by Crippen LogP contribution is 2.31. The minimum absolute atomic E-state index is 0.00207. The smallest absolute Gasteiger partial charge is 0.274 e.